The van der Waals surface area contributed by atoms with Crippen LogP contribution in [0.4, 0.5) is 17.8 Å². The number of hydrogen-bond acceptors (Lipinski definition) is 4. The summed E-state index contributed by atoms with van der Waals surface area (Å²) in [5.74, 6) is -4.54. The predicted octanol–water partition coefficient (Wildman–Crippen LogP) is -2.37. The van der Waals surface area contributed by atoms with Crippen LogP contribution in [0.5, 0.6) is 0 Å². The molecule has 0 aromatic heterocycles. The summed E-state index contributed by atoms with van der Waals surface area (Å²) >= 11 is 0. The molecule has 0 aliphatic heterocycles. The monoisotopic (exact) mass is 230 g/mol. The normalized spacial score (nSPS) is 13.5. The van der Waals surface area contributed by atoms with Gasteiger partial charge in [-0.25, -0.2) is 18.4 Å². The van der Waals surface area contributed by atoms with Crippen LogP contribution in [-0.4, -0.2) is 24.3 Å². The molecule has 0 saturated heterocycles. The van der Waals surface area contributed by atoms with Gasteiger partial charge in [-0.3, -0.25) is 9.88 Å². The van der Waals surface area contributed by atoms with E-state index in [0.29, 0.717) is 0 Å². The molecule has 2 atom stereocenters. The van der Waals surface area contributed by atoms with E-state index in [1.54, 1.807) is 0 Å². The summed E-state index contributed by atoms with van der Waals surface area (Å²) < 4.78 is 45.9. The van der Waals surface area contributed by atoms with Crippen LogP contribution in [0.2, 0.25) is 0 Å². The van der Waals surface area contributed by atoms with Gasteiger partial charge in [-0.1, -0.05) is 0 Å². The van der Waals surface area contributed by atoms with Gasteiger partial charge < -0.3 is 1.43 Å². The van der Waals surface area contributed by atoms with Crippen LogP contribution in [0.25, 0.3) is 0 Å². The quantitative estimate of drug-likeness (QED) is 0.402. The molecule has 0 spiro atoms. The van der Waals surface area contributed by atoms with Crippen LogP contribution in [0.15, 0.2) is 0 Å². The molecule has 0 N–H and O–H groups in total. The van der Waals surface area contributed by atoms with Crippen molar-refractivity contribution in [2.24, 2.45) is 0 Å². The Labute approximate surface area is 113 Å². The van der Waals surface area contributed by atoms with Crippen LogP contribution in [-0.2, 0) is 19.5 Å². The molecular weight excluding hydrogens is 227 g/mol. The Hall–Kier alpha value is 0.296. The van der Waals surface area contributed by atoms with E-state index in [-0.39, 0.29) is 52.8 Å². The minimum atomic E-state index is -3.24. The molecule has 0 amide bonds. The van der Waals surface area contributed by atoms with Crippen molar-refractivity contribution >= 4 is 11.9 Å². The first kappa shape index (κ1) is 15.8. The average molecular weight is 230 g/mol. The van der Waals surface area contributed by atoms with Gasteiger partial charge in [0, 0.05) is 9.05 Å². The van der Waals surface area contributed by atoms with Gasteiger partial charge in [0.25, 0.3) is 0 Å². The Kier molecular flexibility index (Phi) is 9.30. The number of carbonyl (C=O) groups is 2. The third kappa shape index (κ3) is 4.91. The van der Waals surface area contributed by atoms with Crippen molar-refractivity contribution in [3.05, 3.63) is 0 Å². The molecule has 4 nitrogen and oxygen atoms in total. The molecule has 0 bridgehead atoms. The van der Waals surface area contributed by atoms with E-state index >= 15 is 0 Å². The summed E-state index contributed by atoms with van der Waals surface area (Å²) in [6, 6.07) is 0. The second-order valence-corrected chi connectivity index (χ2v) is 1.60. The minimum Gasteiger partial charge on any atom is -1.00 e. The SMILES string of the molecule is O=C(OF)C(F)C(F)C(=O)OF.[H-].[K+]. The maximum absolute atomic E-state index is 12.1. The molecule has 0 aliphatic rings. The van der Waals surface area contributed by atoms with E-state index in [0.717, 1.165) is 0 Å². The fraction of sp³-hybridized carbons (Fsp3) is 0.500. The van der Waals surface area contributed by atoms with Gasteiger partial charge in [-0.2, -0.15) is 0 Å². The van der Waals surface area contributed by atoms with E-state index in [1.807, 2.05) is 0 Å². The second-order valence-electron chi connectivity index (χ2n) is 1.60. The van der Waals surface area contributed by atoms with Crippen molar-refractivity contribution < 1.29 is 90.1 Å². The van der Waals surface area contributed by atoms with Gasteiger partial charge in [0.2, 0.25) is 12.3 Å². The Morgan fingerprint density at radius 1 is 1.00 bits per heavy atom. The zero-order chi connectivity index (χ0) is 9.72. The van der Waals surface area contributed by atoms with Crippen LogP contribution < -0.4 is 51.4 Å². The minimum absolute atomic E-state index is 0. The third-order valence-electron chi connectivity index (χ3n) is 0.859. The van der Waals surface area contributed by atoms with Crippen molar-refractivity contribution in [3.63, 3.8) is 0 Å². The van der Waals surface area contributed by atoms with Crippen molar-refractivity contribution in [1.82, 2.24) is 0 Å². The van der Waals surface area contributed by atoms with E-state index in [9.17, 15) is 27.4 Å². The Morgan fingerprint density at radius 3 is 1.38 bits per heavy atom. The van der Waals surface area contributed by atoms with Gasteiger partial charge in [0.1, 0.15) is 0 Å². The van der Waals surface area contributed by atoms with Gasteiger partial charge in [-0.15, -0.1) is 0 Å². The van der Waals surface area contributed by atoms with Crippen LogP contribution in [0, 0.1) is 0 Å². The van der Waals surface area contributed by atoms with Crippen molar-refractivity contribution in [3.8, 4) is 0 Å². The van der Waals surface area contributed by atoms with Crippen molar-refractivity contribution in [2.75, 3.05) is 0 Å². The molecule has 0 rings (SSSR count). The van der Waals surface area contributed by atoms with E-state index in [1.165, 1.54) is 0 Å². The Balaban J connectivity index is -0.000000605. The van der Waals surface area contributed by atoms with E-state index in [4.69, 9.17) is 0 Å². The van der Waals surface area contributed by atoms with Crippen LogP contribution >= 0.6 is 0 Å². The number of carbonyl (C=O) groups excluding carboxylic acids is 2. The van der Waals surface area contributed by atoms with Gasteiger partial charge in [-0.05, 0) is 0 Å². The number of hydrogen-bond donors (Lipinski definition) is 0. The molecule has 0 fully saturated rings. The second kappa shape index (κ2) is 7.68. The largest absolute Gasteiger partial charge is 1.00 e. The first-order chi connectivity index (χ1) is 5.54. The van der Waals surface area contributed by atoms with Crippen LogP contribution in [0.3, 0.4) is 0 Å². The molecular formula is C4H3F4KO4. The molecule has 13 heavy (non-hydrogen) atoms. The summed E-state index contributed by atoms with van der Waals surface area (Å²) in [5, 5.41) is 0. The first-order valence-electron chi connectivity index (χ1n) is 2.47. The molecule has 0 aromatic rings. The predicted molar refractivity (Wildman–Crippen MR) is 25.3 cm³/mol. The summed E-state index contributed by atoms with van der Waals surface area (Å²) in [6.45, 7) is 0. The number of halogens is 4. The first-order valence-corrected chi connectivity index (χ1v) is 2.47. The fourth-order valence-electron chi connectivity index (χ4n) is 0.324. The third-order valence-corrected chi connectivity index (χ3v) is 0.859. The maximum atomic E-state index is 12.1. The Morgan fingerprint density at radius 2 is 1.23 bits per heavy atom. The van der Waals surface area contributed by atoms with Crippen molar-refractivity contribution in [1.29, 1.82) is 0 Å². The molecule has 0 heterocycles. The molecule has 0 radical (unpaired) electrons. The smallest absolute Gasteiger partial charge is 1.00 e. The van der Waals surface area contributed by atoms with Gasteiger partial charge >= 0.3 is 63.3 Å². The summed E-state index contributed by atoms with van der Waals surface area (Å²) in [4.78, 5) is 24.1. The zero-order valence-corrected chi connectivity index (χ0v) is 9.42. The number of alkyl halides is 2. The molecule has 72 valence electrons. The summed E-state index contributed by atoms with van der Waals surface area (Å²) in [5.41, 5.74) is 0. The maximum Gasteiger partial charge on any atom is 1.00 e. The van der Waals surface area contributed by atoms with Gasteiger partial charge in [0.05, 0.1) is 0 Å². The summed E-state index contributed by atoms with van der Waals surface area (Å²) in [7, 11) is 0. The molecule has 9 heteroatoms. The molecule has 0 aromatic carbocycles. The van der Waals surface area contributed by atoms with Crippen molar-refractivity contribution in [2.45, 2.75) is 12.3 Å². The molecule has 0 aliphatic carbocycles. The molecule has 0 saturated carbocycles. The van der Waals surface area contributed by atoms with E-state index < -0.39 is 24.3 Å². The zero-order valence-electron chi connectivity index (χ0n) is 7.30. The van der Waals surface area contributed by atoms with Gasteiger partial charge in [0.15, 0.2) is 0 Å². The number of rotatable bonds is 3. The standard InChI is InChI=1S/C4H2F4O4.K.H/c5-1(3(9)11-7)2(6)4(10)12-8;;/h1-2H;;/q;+1;-1. The fourth-order valence-corrected chi connectivity index (χ4v) is 0.324. The van der Waals surface area contributed by atoms with Crippen LogP contribution in [0.1, 0.15) is 1.43 Å². The average Bonchev–Trinajstić information content (AvgIpc) is 2.12. The summed E-state index contributed by atoms with van der Waals surface area (Å²) in [6.07, 6.45) is -6.48. The Bertz CT molecular complexity index is 174. The topological polar surface area (TPSA) is 52.6 Å². The molecule has 2 unspecified atom stereocenters. The van der Waals surface area contributed by atoms with E-state index in [2.05, 4.69) is 9.88 Å².